The number of benzene rings is 1. The summed E-state index contributed by atoms with van der Waals surface area (Å²) in [5.74, 6) is 0. The topological polar surface area (TPSA) is 26.0 Å². The number of aryl methyl sites for hydroxylation is 1. The van der Waals surface area contributed by atoms with Crippen LogP contribution in [0.4, 0.5) is 0 Å². The Kier molecular flexibility index (Phi) is 3.99. The molecule has 0 unspecified atom stereocenters. The van der Waals surface area contributed by atoms with Crippen molar-refractivity contribution in [2.24, 2.45) is 5.73 Å². The highest BCUT2D eigenvalue weighted by atomic mass is 35.5. The van der Waals surface area contributed by atoms with Crippen LogP contribution in [0.15, 0.2) is 36.4 Å². The Balaban J connectivity index is 2.18. The molecule has 0 atom stereocenters. The summed E-state index contributed by atoms with van der Waals surface area (Å²) in [4.78, 5) is 2.66. The first-order chi connectivity index (χ1) is 7.79. The summed E-state index contributed by atoms with van der Waals surface area (Å²) in [6.45, 7) is 0.754. The van der Waals surface area contributed by atoms with Crippen LogP contribution in [0.1, 0.15) is 11.3 Å². The van der Waals surface area contributed by atoms with Gasteiger partial charge >= 0.3 is 0 Å². The fourth-order valence-corrected chi connectivity index (χ4v) is 2.82. The van der Waals surface area contributed by atoms with E-state index in [1.807, 2.05) is 29.5 Å². The Bertz CT molecular complexity index is 464. The molecule has 3 heteroatoms. The molecule has 0 fully saturated rings. The maximum atomic E-state index is 5.97. The van der Waals surface area contributed by atoms with Crippen molar-refractivity contribution in [1.82, 2.24) is 0 Å². The zero-order chi connectivity index (χ0) is 11.4. The van der Waals surface area contributed by atoms with Gasteiger partial charge in [0.15, 0.2) is 0 Å². The van der Waals surface area contributed by atoms with Gasteiger partial charge in [-0.05, 0) is 49.2 Å². The van der Waals surface area contributed by atoms with Gasteiger partial charge in [-0.25, -0.2) is 0 Å². The van der Waals surface area contributed by atoms with Gasteiger partial charge < -0.3 is 5.73 Å². The molecular weight excluding hydrogens is 238 g/mol. The van der Waals surface area contributed by atoms with Crippen LogP contribution in [0.25, 0.3) is 10.4 Å². The number of rotatable bonds is 4. The van der Waals surface area contributed by atoms with Crippen LogP contribution in [0.3, 0.4) is 0 Å². The second-order valence-corrected chi connectivity index (χ2v) is 5.27. The Labute approximate surface area is 105 Å². The first-order valence-electron chi connectivity index (χ1n) is 5.34. The van der Waals surface area contributed by atoms with Crippen molar-refractivity contribution in [3.05, 3.63) is 46.3 Å². The van der Waals surface area contributed by atoms with E-state index in [0.29, 0.717) is 0 Å². The average molecular weight is 252 g/mol. The van der Waals surface area contributed by atoms with Gasteiger partial charge in [-0.3, -0.25) is 0 Å². The molecule has 16 heavy (non-hydrogen) atoms. The van der Waals surface area contributed by atoms with Crippen molar-refractivity contribution in [3.8, 4) is 10.4 Å². The zero-order valence-corrected chi connectivity index (χ0v) is 10.5. The molecule has 0 aliphatic carbocycles. The molecule has 0 amide bonds. The molecule has 2 aromatic rings. The fourth-order valence-electron chi connectivity index (χ4n) is 1.59. The molecule has 0 radical (unpaired) electrons. The van der Waals surface area contributed by atoms with Gasteiger partial charge in [0.25, 0.3) is 0 Å². The van der Waals surface area contributed by atoms with Gasteiger partial charge in [0.1, 0.15) is 0 Å². The Hall–Kier alpha value is -0.830. The number of hydrogen-bond acceptors (Lipinski definition) is 2. The van der Waals surface area contributed by atoms with Crippen molar-refractivity contribution >= 4 is 22.9 Å². The highest BCUT2D eigenvalue weighted by Gasteiger charge is 2.03. The SMILES string of the molecule is NCCCc1ccc(-c2cccc(Cl)c2)s1. The Morgan fingerprint density at radius 1 is 1.19 bits per heavy atom. The minimum Gasteiger partial charge on any atom is -0.330 e. The summed E-state index contributed by atoms with van der Waals surface area (Å²) in [6.07, 6.45) is 2.12. The normalized spacial score (nSPS) is 10.6. The van der Waals surface area contributed by atoms with E-state index in [2.05, 4.69) is 18.2 Å². The van der Waals surface area contributed by atoms with E-state index in [9.17, 15) is 0 Å². The zero-order valence-electron chi connectivity index (χ0n) is 8.95. The van der Waals surface area contributed by atoms with Crippen molar-refractivity contribution in [3.63, 3.8) is 0 Å². The van der Waals surface area contributed by atoms with Crippen LogP contribution in [0, 0.1) is 0 Å². The number of hydrogen-bond donors (Lipinski definition) is 1. The van der Waals surface area contributed by atoms with Gasteiger partial charge in [-0.2, -0.15) is 0 Å². The summed E-state index contributed by atoms with van der Waals surface area (Å²) in [5, 5.41) is 0.786. The summed E-state index contributed by atoms with van der Waals surface area (Å²) < 4.78 is 0. The maximum absolute atomic E-state index is 5.97. The summed E-state index contributed by atoms with van der Waals surface area (Å²) >= 11 is 7.79. The highest BCUT2D eigenvalue weighted by molar-refractivity contribution is 7.15. The van der Waals surface area contributed by atoms with Gasteiger partial charge in [0.2, 0.25) is 0 Å². The fraction of sp³-hybridized carbons (Fsp3) is 0.231. The minimum absolute atomic E-state index is 0.754. The molecule has 2 N–H and O–H groups in total. The van der Waals surface area contributed by atoms with Crippen molar-refractivity contribution in [2.45, 2.75) is 12.8 Å². The molecule has 0 spiro atoms. The first-order valence-corrected chi connectivity index (χ1v) is 6.54. The van der Waals surface area contributed by atoms with Crippen LogP contribution in [-0.4, -0.2) is 6.54 Å². The summed E-state index contributed by atoms with van der Waals surface area (Å²) in [5.41, 5.74) is 6.69. The summed E-state index contributed by atoms with van der Waals surface area (Å²) in [7, 11) is 0. The molecule has 0 aliphatic rings. The van der Waals surface area contributed by atoms with E-state index in [-0.39, 0.29) is 0 Å². The van der Waals surface area contributed by atoms with Crippen molar-refractivity contribution in [2.75, 3.05) is 6.54 Å². The highest BCUT2D eigenvalue weighted by Crippen LogP contribution is 2.30. The Morgan fingerprint density at radius 2 is 2.06 bits per heavy atom. The third-order valence-corrected chi connectivity index (χ3v) is 3.83. The lowest BCUT2D eigenvalue weighted by Gasteiger charge is -1.97. The molecule has 1 aromatic heterocycles. The quantitative estimate of drug-likeness (QED) is 0.875. The molecule has 0 bridgehead atoms. The van der Waals surface area contributed by atoms with Crippen LogP contribution in [0.2, 0.25) is 5.02 Å². The van der Waals surface area contributed by atoms with E-state index in [4.69, 9.17) is 17.3 Å². The van der Waals surface area contributed by atoms with Crippen molar-refractivity contribution < 1.29 is 0 Å². The maximum Gasteiger partial charge on any atom is 0.0412 e. The lowest BCUT2D eigenvalue weighted by molar-refractivity contribution is 0.843. The second kappa shape index (κ2) is 5.48. The lowest BCUT2D eigenvalue weighted by Crippen LogP contribution is -1.99. The van der Waals surface area contributed by atoms with Crippen LogP contribution in [0.5, 0.6) is 0 Å². The second-order valence-electron chi connectivity index (χ2n) is 3.67. The lowest BCUT2D eigenvalue weighted by atomic mass is 10.2. The van der Waals surface area contributed by atoms with Gasteiger partial charge in [0.05, 0.1) is 0 Å². The van der Waals surface area contributed by atoms with Crippen molar-refractivity contribution in [1.29, 1.82) is 0 Å². The molecule has 0 aliphatic heterocycles. The summed E-state index contributed by atoms with van der Waals surface area (Å²) in [6, 6.07) is 12.3. The third-order valence-electron chi connectivity index (χ3n) is 2.40. The van der Waals surface area contributed by atoms with Crippen LogP contribution >= 0.6 is 22.9 Å². The first kappa shape index (κ1) is 11.6. The average Bonchev–Trinajstić information content (AvgIpc) is 2.75. The minimum atomic E-state index is 0.754. The van der Waals surface area contributed by atoms with Gasteiger partial charge in [-0.1, -0.05) is 23.7 Å². The molecular formula is C13H14ClNS. The smallest absolute Gasteiger partial charge is 0.0412 e. The predicted octanol–water partition coefficient (Wildman–Crippen LogP) is 3.96. The molecule has 1 nitrogen and oxygen atoms in total. The number of thiophene rings is 1. The van der Waals surface area contributed by atoms with E-state index in [0.717, 1.165) is 24.4 Å². The van der Waals surface area contributed by atoms with E-state index >= 15 is 0 Å². The largest absolute Gasteiger partial charge is 0.330 e. The molecule has 1 heterocycles. The molecule has 0 saturated carbocycles. The molecule has 1 aromatic carbocycles. The van der Waals surface area contributed by atoms with Gasteiger partial charge in [0, 0.05) is 14.8 Å². The van der Waals surface area contributed by atoms with E-state index in [1.54, 1.807) is 0 Å². The van der Waals surface area contributed by atoms with Gasteiger partial charge in [-0.15, -0.1) is 11.3 Å². The number of nitrogens with two attached hydrogens (primary N) is 1. The standard InChI is InChI=1S/C13H14ClNS/c14-11-4-1-3-10(9-11)13-7-6-12(16-13)5-2-8-15/h1,3-4,6-7,9H,2,5,8,15H2. The Morgan fingerprint density at radius 3 is 2.81 bits per heavy atom. The van der Waals surface area contributed by atoms with Crippen LogP contribution < -0.4 is 5.73 Å². The number of halogens is 1. The molecule has 2 rings (SSSR count). The van der Waals surface area contributed by atoms with E-state index < -0.39 is 0 Å². The molecule has 84 valence electrons. The van der Waals surface area contributed by atoms with E-state index in [1.165, 1.54) is 15.3 Å². The third kappa shape index (κ3) is 2.85. The van der Waals surface area contributed by atoms with Crippen LogP contribution in [-0.2, 0) is 6.42 Å². The molecule has 0 saturated heterocycles. The monoisotopic (exact) mass is 251 g/mol. The predicted molar refractivity (Wildman–Crippen MR) is 72.1 cm³/mol.